The Bertz CT molecular complexity index is 3320. The lowest BCUT2D eigenvalue weighted by Gasteiger charge is -2.53. The molecular weight excluding hydrogens is 790 g/mol. The number of pyridine rings is 1. The van der Waals surface area contributed by atoms with Gasteiger partial charge in [0.2, 0.25) is 5.71 Å². The molecule has 5 aromatic heterocycles. The highest BCUT2D eigenvalue weighted by Crippen LogP contribution is 2.43. The first kappa shape index (κ1) is 37.3. The van der Waals surface area contributed by atoms with E-state index in [2.05, 4.69) is 196 Å². The van der Waals surface area contributed by atoms with E-state index in [1.807, 2.05) is 24.3 Å². The monoisotopic (exact) mass is 833 g/mol. The summed E-state index contributed by atoms with van der Waals surface area (Å²) in [6.07, 6.45) is 24.0. The zero-order chi connectivity index (χ0) is 43.2. The van der Waals surface area contributed by atoms with E-state index in [9.17, 15) is 0 Å². The molecule has 0 radical (unpaired) electrons. The first-order valence-corrected chi connectivity index (χ1v) is 22.1. The standard InChI is InChI=1S/C49H43B4N9O2/c1-48(2,3)34-17-19-37-43(55-46-61(37)36-14-7-8-16-40(36)63-46)41(34)32-21-28-59-51-24-10-12-27-58(51)53-31-33(22-29-60(53)50-23-9-11-26-57(50)52(59)30-32)42-35(49(4,5)6)18-20-38-44(42)56-47-62(38)39-15-13-25-54-45(39)64-47/h7-31H,1-6H3. The van der Waals surface area contributed by atoms with Crippen LogP contribution in [0.3, 0.4) is 0 Å². The molecule has 64 heavy (non-hydrogen) atoms. The minimum atomic E-state index is -0.157. The fourth-order valence-corrected chi connectivity index (χ4v) is 10.6. The minimum absolute atomic E-state index is 0.105. The predicted octanol–water partition coefficient (Wildman–Crippen LogP) is 9.79. The quantitative estimate of drug-likeness (QED) is 0.158. The summed E-state index contributed by atoms with van der Waals surface area (Å²) >= 11 is 0. The molecule has 0 unspecified atom stereocenters. The van der Waals surface area contributed by atoms with Gasteiger partial charge in [0, 0.05) is 17.3 Å². The van der Waals surface area contributed by atoms with Crippen molar-refractivity contribution in [3.8, 4) is 0 Å². The second-order valence-electron chi connectivity index (χ2n) is 19.4. The molecule has 1 saturated heterocycles. The van der Waals surface area contributed by atoms with Gasteiger partial charge in [-0.2, -0.15) is 9.97 Å². The molecule has 13 rings (SSSR count). The fraction of sp³-hybridized carbons (Fsp3) is 0.163. The zero-order valence-electron chi connectivity index (χ0n) is 36.6. The Kier molecular flexibility index (Phi) is 7.66. The highest BCUT2D eigenvalue weighted by atomic mass is 16.4. The zero-order valence-corrected chi connectivity index (χ0v) is 36.6. The molecule has 308 valence electrons. The van der Waals surface area contributed by atoms with E-state index in [1.165, 1.54) is 11.1 Å². The van der Waals surface area contributed by atoms with E-state index in [0.29, 0.717) is 17.4 Å². The van der Waals surface area contributed by atoms with E-state index in [4.69, 9.17) is 18.8 Å². The number of allylic oxidation sites excluding steroid dienone is 8. The van der Waals surface area contributed by atoms with Crippen LogP contribution in [0.5, 0.6) is 0 Å². The van der Waals surface area contributed by atoms with Crippen LogP contribution in [-0.4, -0.2) is 70.6 Å². The van der Waals surface area contributed by atoms with Gasteiger partial charge in [-0.25, -0.2) is 4.98 Å². The average molecular weight is 833 g/mol. The lowest BCUT2D eigenvalue weighted by atomic mass is 9.41. The molecule has 1 fully saturated rings. The van der Waals surface area contributed by atoms with Gasteiger partial charge in [0.15, 0.2) is 5.58 Å². The molecule has 15 heteroatoms. The van der Waals surface area contributed by atoms with E-state index in [0.717, 1.165) is 61.0 Å². The summed E-state index contributed by atoms with van der Waals surface area (Å²) in [6, 6.07) is 21.1. The SMILES string of the molecule is CC(C)(C)c1ccc2c(nc3oc4ccccc4n32)c1C1=CB2N(C=C1)B1C=CC=CN1B1C=C(c3c(C(C)(C)C)ccc4c3nc3oc5ncccc5n34)C=CN1B1C=CC=CN12. The van der Waals surface area contributed by atoms with E-state index in [1.54, 1.807) is 6.20 Å². The van der Waals surface area contributed by atoms with Gasteiger partial charge in [-0.3, -0.25) is 8.80 Å². The maximum Gasteiger partial charge on any atom is 0.381 e. The summed E-state index contributed by atoms with van der Waals surface area (Å²) in [4.78, 5) is 14.9. The van der Waals surface area contributed by atoms with Crippen molar-refractivity contribution >= 4 is 95.2 Å². The first-order chi connectivity index (χ1) is 31.0. The third-order valence-corrected chi connectivity index (χ3v) is 13.5. The summed E-state index contributed by atoms with van der Waals surface area (Å²) in [7, 11) is 0. The smallest absolute Gasteiger partial charge is 0.381 e. The van der Waals surface area contributed by atoms with E-state index >= 15 is 0 Å². The molecule has 11 nitrogen and oxygen atoms in total. The van der Waals surface area contributed by atoms with Crippen LogP contribution in [0.1, 0.15) is 63.8 Å². The molecule has 5 aliphatic rings. The highest BCUT2D eigenvalue weighted by molar-refractivity contribution is 6.92. The Hall–Kier alpha value is -7.27. The number of fused-ring (bicyclic) bond motifs is 18. The topological polar surface area (TPSA) is 86.7 Å². The molecule has 0 bridgehead atoms. The number of aromatic nitrogens is 5. The van der Waals surface area contributed by atoms with Crippen molar-refractivity contribution in [3.63, 3.8) is 0 Å². The molecule has 0 atom stereocenters. The average Bonchev–Trinajstić information content (AvgIpc) is 4.05. The Labute approximate surface area is 371 Å². The third-order valence-electron chi connectivity index (χ3n) is 13.5. The van der Waals surface area contributed by atoms with Gasteiger partial charge in [0.25, 0.3) is 0 Å². The van der Waals surface area contributed by atoms with Crippen LogP contribution in [0.15, 0.2) is 161 Å². The number of benzene rings is 3. The number of hydrogen-bond acceptors (Lipinski definition) is 9. The number of imidazole rings is 2. The number of nitrogens with zero attached hydrogens (tertiary/aromatic N) is 9. The molecule has 10 heterocycles. The lowest BCUT2D eigenvalue weighted by molar-refractivity contribution is 0.589. The summed E-state index contributed by atoms with van der Waals surface area (Å²) in [5, 5.41) is 0. The largest absolute Gasteiger partial charge is 0.423 e. The van der Waals surface area contributed by atoms with Gasteiger partial charge in [0.1, 0.15) is 16.6 Å². The van der Waals surface area contributed by atoms with Crippen LogP contribution in [0.4, 0.5) is 0 Å². The van der Waals surface area contributed by atoms with Gasteiger partial charge in [-0.05, 0) is 119 Å². The summed E-state index contributed by atoms with van der Waals surface area (Å²) in [5.41, 5.74) is 13.9. The predicted molar refractivity (Wildman–Crippen MR) is 261 cm³/mol. The summed E-state index contributed by atoms with van der Waals surface area (Å²) in [6.45, 7) is 13.2. The molecular formula is C49H43B4N9O2. The van der Waals surface area contributed by atoms with Crippen LogP contribution in [0, 0.1) is 0 Å². The molecule has 5 aliphatic heterocycles. The molecule has 3 aromatic carbocycles. The maximum atomic E-state index is 6.34. The van der Waals surface area contributed by atoms with Crippen molar-refractivity contribution in [2.45, 2.75) is 52.4 Å². The van der Waals surface area contributed by atoms with Crippen molar-refractivity contribution in [3.05, 3.63) is 174 Å². The van der Waals surface area contributed by atoms with Crippen molar-refractivity contribution in [1.82, 2.24) is 42.6 Å². The number of rotatable bonds is 2. The second-order valence-corrected chi connectivity index (χ2v) is 19.4. The van der Waals surface area contributed by atoms with Gasteiger partial charge in [-0.1, -0.05) is 102 Å². The number of oxazole rings is 2. The van der Waals surface area contributed by atoms with Crippen LogP contribution in [0.25, 0.3) is 67.2 Å². The maximum absolute atomic E-state index is 6.34. The summed E-state index contributed by atoms with van der Waals surface area (Å²) in [5.74, 6) is 10.6. The van der Waals surface area contributed by atoms with Gasteiger partial charge < -0.3 is 27.7 Å². The number of para-hydroxylation sites is 2. The third kappa shape index (κ3) is 5.30. The normalized spacial score (nSPS) is 17.4. The molecule has 0 amide bonds. The molecule has 0 spiro atoms. The van der Waals surface area contributed by atoms with Gasteiger partial charge in [0.05, 0.1) is 16.6 Å². The van der Waals surface area contributed by atoms with Crippen LogP contribution >= 0.6 is 0 Å². The fourth-order valence-electron chi connectivity index (χ4n) is 10.6. The van der Waals surface area contributed by atoms with Crippen molar-refractivity contribution in [1.29, 1.82) is 0 Å². The van der Waals surface area contributed by atoms with Crippen molar-refractivity contribution in [2.24, 2.45) is 0 Å². The number of hydrogen-bond donors (Lipinski definition) is 0. The first-order valence-electron chi connectivity index (χ1n) is 22.1. The van der Waals surface area contributed by atoms with E-state index in [-0.39, 0.29) is 38.8 Å². The summed E-state index contributed by atoms with van der Waals surface area (Å²) < 4.78 is 26.7. The second kappa shape index (κ2) is 13.1. The Morgan fingerprint density at radius 1 is 0.500 bits per heavy atom. The molecule has 8 aromatic rings. The van der Waals surface area contributed by atoms with Crippen molar-refractivity contribution < 1.29 is 8.83 Å². The lowest BCUT2D eigenvalue weighted by Crippen LogP contribution is -2.73. The van der Waals surface area contributed by atoms with Crippen LogP contribution in [0.2, 0.25) is 0 Å². The van der Waals surface area contributed by atoms with Gasteiger partial charge in [-0.15, -0.1) is 0 Å². The Morgan fingerprint density at radius 2 is 1.02 bits per heavy atom. The minimum Gasteiger partial charge on any atom is -0.423 e. The Balaban J connectivity index is 0.962. The molecule has 0 N–H and O–H groups in total. The highest BCUT2D eigenvalue weighted by Gasteiger charge is 2.51. The van der Waals surface area contributed by atoms with Crippen molar-refractivity contribution in [2.75, 3.05) is 0 Å². The molecule has 0 aliphatic carbocycles. The van der Waals surface area contributed by atoms with E-state index < -0.39 is 0 Å². The van der Waals surface area contributed by atoms with Crippen LogP contribution < -0.4 is 0 Å². The Morgan fingerprint density at radius 3 is 1.59 bits per heavy atom. The van der Waals surface area contributed by atoms with Crippen LogP contribution in [-0.2, 0) is 10.8 Å². The molecule has 0 saturated carbocycles. The van der Waals surface area contributed by atoms with Gasteiger partial charge >= 0.3 is 39.6 Å².